The van der Waals surface area contributed by atoms with Crippen molar-refractivity contribution in [3.05, 3.63) is 29.6 Å². The molecule has 84 valence electrons. The van der Waals surface area contributed by atoms with Gasteiger partial charge in [0.1, 0.15) is 5.82 Å². The molecule has 0 bridgehead atoms. The van der Waals surface area contributed by atoms with Gasteiger partial charge in [-0.05, 0) is 18.2 Å². The summed E-state index contributed by atoms with van der Waals surface area (Å²) in [4.78, 5) is 10.5. The van der Waals surface area contributed by atoms with Crippen molar-refractivity contribution in [3.8, 4) is 11.8 Å². The molecule has 0 radical (unpaired) electrons. The Labute approximate surface area is 93.8 Å². The van der Waals surface area contributed by atoms with E-state index in [1.165, 1.54) is 25.1 Å². The average Bonchev–Trinajstić information content (AvgIpc) is 2.22. The number of anilines is 1. The molecule has 1 amide bonds. The smallest absolute Gasteiger partial charge is 0.216 e. The molecule has 0 saturated heterocycles. The number of hydrogen-bond acceptors (Lipinski definition) is 2. The van der Waals surface area contributed by atoms with Gasteiger partial charge >= 0.3 is 0 Å². The highest BCUT2D eigenvalue weighted by molar-refractivity contribution is 5.72. The normalized spacial score (nSPS) is 9.12. The summed E-state index contributed by atoms with van der Waals surface area (Å²) < 4.78 is 13.2. The standard InChI is InChI=1S/C12H13FN2O/c1-9(16)15-7-3-2-4-10-8-11(14)5-6-12(10)13/h5-6,8H,3,7,14H2,1H3,(H,15,16). The first-order valence-electron chi connectivity index (χ1n) is 4.88. The maximum Gasteiger partial charge on any atom is 0.216 e. The molecule has 0 atom stereocenters. The maximum absolute atomic E-state index is 13.2. The minimum atomic E-state index is -0.388. The quantitative estimate of drug-likeness (QED) is 0.448. The van der Waals surface area contributed by atoms with Crippen LogP contribution in [0.5, 0.6) is 0 Å². The average molecular weight is 220 g/mol. The van der Waals surface area contributed by atoms with Crippen LogP contribution in [0.3, 0.4) is 0 Å². The predicted molar refractivity (Wildman–Crippen MR) is 61.0 cm³/mol. The van der Waals surface area contributed by atoms with Gasteiger partial charge < -0.3 is 11.1 Å². The molecule has 1 aromatic rings. The number of benzene rings is 1. The molecule has 1 aromatic carbocycles. The molecule has 3 nitrogen and oxygen atoms in total. The third-order valence-electron chi connectivity index (χ3n) is 1.84. The van der Waals surface area contributed by atoms with Gasteiger partial charge in [-0.1, -0.05) is 11.8 Å². The molecule has 0 heterocycles. The van der Waals surface area contributed by atoms with E-state index in [1.807, 2.05) is 0 Å². The number of nitrogens with one attached hydrogen (secondary N) is 1. The number of amides is 1. The fourth-order valence-electron chi connectivity index (χ4n) is 1.10. The largest absolute Gasteiger partial charge is 0.399 e. The Morgan fingerprint density at radius 1 is 1.56 bits per heavy atom. The molecule has 0 fully saturated rings. The summed E-state index contributed by atoms with van der Waals surface area (Å²) in [6.45, 7) is 1.90. The van der Waals surface area contributed by atoms with Crippen LogP contribution in [0.4, 0.5) is 10.1 Å². The zero-order chi connectivity index (χ0) is 12.0. The van der Waals surface area contributed by atoms with Crippen LogP contribution < -0.4 is 11.1 Å². The molecule has 0 aliphatic carbocycles. The van der Waals surface area contributed by atoms with E-state index in [0.717, 1.165) is 0 Å². The Morgan fingerprint density at radius 3 is 3.00 bits per heavy atom. The monoisotopic (exact) mass is 220 g/mol. The van der Waals surface area contributed by atoms with Crippen molar-refractivity contribution in [2.24, 2.45) is 0 Å². The van der Waals surface area contributed by atoms with Crippen LogP contribution in [-0.2, 0) is 4.79 Å². The van der Waals surface area contributed by atoms with Crippen LogP contribution in [0.25, 0.3) is 0 Å². The van der Waals surface area contributed by atoms with Gasteiger partial charge in [0.25, 0.3) is 0 Å². The molecule has 0 spiro atoms. The van der Waals surface area contributed by atoms with Gasteiger partial charge in [0.2, 0.25) is 5.91 Å². The highest BCUT2D eigenvalue weighted by atomic mass is 19.1. The number of halogens is 1. The summed E-state index contributed by atoms with van der Waals surface area (Å²) in [6, 6.07) is 4.26. The second kappa shape index (κ2) is 5.76. The van der Waals surface area contributed by atoms with E-state index in [4.69, 9.17) is 5.73 Å². The van der Waals surface area contributed by atoms with E-state index in [9.17, 15) is 9.18 Å². The SMILES string of the molecule is CC(=O)NCCC#Cc1cc(N)ccc1F. The lowest BCUT2D eigenvalue weighted by atomic mass is 10.2. The van der Waals surface area contributed by atoms with Gasteiger partial charge in [0.05, 0.1) is 5.56 Å². The van der Waals surface area contributed by atoms with Crippen molar-refractivity contribution in [1.29, 1.82) is 0 Å². The van der Waals surface area contributed by atoms with Crippen molar-refractivity contribution in [1.82, 2.24) is 5.32 Å². The van der Waals surface area contributed by atoms with Gasteiger partial charge in [-0.2, -0.15) is 0 Å². The Balaban J connectivity index is 2.56. The summed E-state index contributed by atoms with van der Waals surface area (Å²) in [5.74, 6) is 4.95. The lowest BCUT2D eigenvalue weighted by Crippen LogP contribution is -2.20. The van der Waals surface area contributed by atoms with Crippen molar-refractivity contribution in [2.75, 3.05) is 12.3 Å². The fourth-order valence-corrected chi connectivity index (χ4v) is 1.10. The van der Waals surface area contributed by atoms with Gasteiger partial charge in [0, 0.05) is 25.6 Å². The fraction of sp³-hybridized carbons (Fsp3) is 0.250. The Hall–Kier alpha value is -2.02. The van der Waals surface area contributed by atoms with Crippen molar-refractivity contribution in [2.45, 2.75) is 13.3 Å². The van der Waals surface area contributed by atoms with Gasteiger partial charge in [-0.15, -0.1) is 0 Å². The lowest BCUT2D eigenvalue weighted by molar-refractivity contribution is -0.118. The molecule has 3 N–H and O–H groups in total. The Bertz CT molecular complexity index is 446. The molecule has 0 unspecified atom stereocenters. The van der Waals surface area contributed by atoms with Crippen LogP contribution in [0.1, 0.15) is 18.9 Å². The second-order valence-corrected chi connectivity index (χ2v) is 3.27. The van der Waals surface area contributed by atoms with Gasteiger partial charge in [-0.25, -0.2) is 4.39 Å². The number of carbonyl (C=O) groups is 1. The van der Waals surface area contributed by atoms with Crippen LogP contribution >= 0.6 is 0 Å². The predicted octanol–water partition coefficient (Wildman–Crippen LogP) is 1.29. The third-order valence-corrected chi connectivity index (χ3v) is 1.84. The van der Waals surface area contributed by atoms with Crippen LogP contribution in [0, 0.1) is 17.7 Å². The first-order chi connectivity index (χ1) is 7.59. The Kier molecular flexibility index (Phi) is 4.34. The minimum Gasteiger partial charge on any atom is -0.399 e. The lowest BCUT2D eigenvalue weighted by Gasteiger charge is -1.97. The summed E-state index contributed by atoms with van der Waals surface area (Å²) >= 11 is 0. The number of hydrogen-bond donors (Lipinski definition) is 2. The molecular formula is C12H13FN2O. The molecular weight excluding hydrogens is 207 g/mol. The highest BCUT2D eigenvalue weighted by Crippen LogP contribution is 2.10. The Morgan fingerprint density at radius 2 is 2.31 bits per heavy atom. The molecule has 16 heavy (non-hydrogen) atoms. The highest BCUT2D eigenvalue weighted by Gasteiger charge is 1.97. The van der Waals surface area contributed by atoms with E-state index >= 15 is 0 Å². The summed E-state index contributed by atoms with van der Waals surface area (Å²) in [6.07, 6.45) is 0.480. The number of nitrogens with two attached hydrogens (primary N) is 1. The third kappa shape index (κ3) is 4.01. The molecule has 0 saturated carbocycles. The van der Waals surface area contributed by atoms with E-state index in [1.54, 1.807) is 0 Å². The molecule has 4 heteroatoms. The first-order valence-corrected chi connectivity index (χ1v) is 4.88. The van der Waals surface area contributed by atoms with Crippen LogP contribution in [0.2, 0.25) is 0 Å². The zero-order valence-electron chi connectivity index (χ0n) is 9.01. The van der Waals surface area contributed by atoms with Gasteiger partial charge in [0.15, 0.2) is 0 Å². The minimum absolute atomic E-state index is 0.100. The number of rotatable bonds is 2. The van der Waals surface area contributed by atoms with Crippen LogP contribution in [0.15, 0.2) is 18.2 Å². The van der Waals surface area contributed by atoms with E-state index in [2.05, 4.69) is 17.2 Å². The maximum atomic E-state index is 13.2. The molecule has 0 aliphatic rings. The topological polar surface area (TPSA) is 55.1 Å². The number of carbonyl (C=O) groups excluding carboxylic acids is 1. The summed E-state index contributed by atoms with van der Waals surface area (Å²) in [5, 5.41) is 2.60. The van der Waals surface area contributed by atoms with E-state index in [-0.39, 0.29) is 17.3 Å². The summed E-state index contributed by atoms with van der Waals surface area (Å²) in [7, 11) is 0. The first kappa shape index (κ1) is 12.1. The van der Waals surface area contributed by atoms with Gasteiger partial charge in [-0.3, -0.25) is 4.79 Å². The van der Waals surface area contributed by atoms with Crippen LogP contribution in [-0.4, -0.2) is 12.5 Å². The molecule has 0 aromatic heterocycles. The van der Waals surface area contributed by atoms with E-state index < -0.39 is 0 Å². The molecule has 0 aliphatic heterocycles. The molecule has 1 rings (SSSR count). The van der Waals surface area contributed by atoms with Crippen molar-refractivity contribution in [3.63, 3.8) is 0 Å². The van der Waals surface area contributed by atoms with E-state index in [0.29, 0.717) is 18.7 Å². The number of nitrogen functional groups attached to an aromatic ring is 1. The van der Waals surface area contributed by atoms with Crippen molar-refractivity contribution >= 4 is 11.6 Å². The van der Waals surface area contributed by atoms with Crippen molar-refractivity contribution < 1.29 is 9.18 Å². The zero-order valence-corrected chi connectivity index (χ0v) is 9.01. The summed E-state index contributed by atoms with van der Waals surface area (Å²) in [5.41, 5.74) is 6.27. The second-order valence-electron chi connectivity index (χ2n) is 3.27.